The number of sulfone groups is 1. The summed E-state index contributed by atoms with van der Waals surface area (Å²) in [6.45, 7) is 1.81. The lowest BCUT2D eigenvalue weighted by Crippen LogP contribution is -2.13. The highest BCUT2D eigenvalue weighted by Gasteiger charge is 2.34. The Balaban J connectivity index is 1.97. The van der Waals surface area contributed by atoms with Gasteiger partial charge in [0.1, 0.15) is 5.82 Å². The first-order chi connectivity index (χ1) is 9.47. The molecule has 1 N–H and O–H groups in total. The third-order valence-electron chi connectivity index (χ3n) is 3.47. The normalized spacial score (nSPS) is 19.6. The van der Waals surface area contributed by atoms with E-state index in [0.717, 1.165) is 5.56 Å². The van der Waals surface area contributed by atoms with Crippen molar-refractivity contribution in [2.45, 2.75) is 17.9 Å². The van der Waals surface area contributed by atoms with Gasteiger partial charge < -0.3 is 5.32 Å². The monoisotopic (exact) mass is 291 g/mol. The molecule has 104 valence electrons. The van der Waals surface area contributed by atoms with Gasteiger partial charge in [0.25, 0.3) is 0 Å². The van der Waals surface area contributed by atoms with Gasteiger partial charge in [0.05, 0.1) is 22.4 Å². The first kappa shape index (κ1) is 13.1. The first-order valence-electron chi connectivity index (χ1n) is 6.32. The minimum absolute atomic E-state index is 0.0420. The average molecular weight is 291 g/mol. The maximum Gasteiger partial charge on any atom is 0.181 e. The molecule has 0 radical (unpaired) electrons. The predicted molar refractivity (Wildman–Crippen MR) is 76.0 cm³/mol. The van der Waals surface area contributed by atoms with Crippen LogP contribution in [-0.2, 0) is 9.84 Å². The summed E-state index contributed by atoms with van der Waals surface area (Å²) in [7, 11) is -3.28. The molecule has 0 aliphatic carbocycles. The summed E-state index contributed by atoms with van der Waals surface area (Å²) in [6.07, 6.45) is 0. The average Bonchev–Trinajstić information content (AvgIpc) is 2.65. The minimum atomic E-state index is -3.28. The van der Waals surface area contributed by atoms with Gasteiger partial charge in [-0.1, -0.05) is 24.3 Å². The fourth-order valence-electron chi connectivity index (χ4n) is 2.49. The lowest BCUT2D eigenvalue weighted by atomic mass is 10.1. The van der Waals surface area contributed by atoms with E-state index in [0.29, 0.717) is 16.1 Å². The predicted octanol–water partition coefficient (Wildman–Crippen LogP) is 3.07. The van der Waals surface area contributed by atoms with Crippen molar-refractivity contribution in [2.75, 3.05) is 11.1 Å². The molecule has 0 spiro atoms. The van der Waals surface area contributed by atoms with E-state index >= 15 is 0 Å². The van der Waals surface area contributed by atoms with Gasteiger partial charge in [-0.15, -0.1) is 0 Å². The second kappa shape index (κ2) is 4.59. The molecule has 1 unspecified atom stereocenters. The standard InChI is InChI=1S/C15H14FNO2S/c1-10-6-7-13(12(16)8-10)17-14-9-20(18,19)15-5-3-2-4-11(14)15/h2-8,14,17H,9H2,1H3. The van der Waals surface area contributed by atoms with Gasteiger partial charge in [-0.25, -0.2) is 12.8 Å². The summed E-state index contributed by atoms with van der Waals surface area (Å²) in [5.74, 6) is -0.411. The van der Waals surface area contributed by atoms with E-state index in [2.05, 4.69) is 5.32 Å². The Kier molecular flexibility index (Phi) is 3.01. The molecule has 3 nitrogen and oxygen atoms in total. The number of halogens is 1. The zero-order chi connectivity index (χ0) is 14.3. The Bertz CT molecular complexity index is 771. The van der Waals surface area contributed by atoms with E-state index in [1.54, 1.807) is 36.4 Å². The molecular formula is C15H14FNO2S. The van der Waals surface area contributed by atoms with Crippen LogP contribution in [0, 0.1) is 12.7 Å². The van der Waals surface area contributed by atoms with E-state index in [1.807, 2.05) is 6.92 Å². The van der Waals surface area contributed by atoms with Crippen LogP contribution in [0.5, 0.6) is 0 Å². The summed E-state index contributed by atoms with van der Waals surface area (Å²) in [6, 6.07) is 11.3. The molecule has 3 rings (SSSR count). The molecule has 0 saturated carbocycles. The number of hydrogen-bond acceptors (Lipinski definition) is 3. The van der Waals surface area contributed by atoms with Crippen LogP contribution in [0.25, 0.3) is 0 Å². The van der Waals surface area contributed by atoms with Crippen LogP contribution in [-0.4, -0.2) is 14.2 Å². The highest BCUT2D eigenvalue weighted by molar-refractivity contribution is 7.91. The lowest BCUT2D eigenvalue weighted by Gasteiger charge is -2.15. The highest BCUT2D eigenvalue weighted by atomic mass is 32.2. The molecule has 0 aromatic heterocycles. The summed E-state index contributed by atoms with van der Waals surface area (Å²) in [4.78, 5) is 0.338. The fraction of sp³-hybridized carbons (Fsp3) is 0.200. The molecule has 1 heterocycles. The van der Waals surface area contributed by atoms with Crippen molar-refractivity contribution in [3.63, 3.8) is 0 Å². The number of benzene rings is 2. The molecule has 2 aromatic rings. The zero-order valence-corrected chi connectivity index (χ0v) is 11.7. The van der Waals surface area contributed by atoms with Crippen molar-refractivity contribution in [1.82, 2.24) is 0 Å². The molecule has 1 aliphatic heterocycles. The van der Waals surface area contributed by atoms with Gasteiger partial charge in [0, 0.05) is 0 Å². The van der Waals surface area contributed by atoms with E-state index in [1.165, 1.54) is 6.07 Å². The Hall–Kier alpha value is -1.88. The van der Waals surface area contributed by atoms with Crippen molar-refractivity contribution < 1.29 is 12.8 Å². The highest BCUT2D eigenvalue weighted by Crippen LogP contribution is 2.35. The molecule has 1 aliphatic rings. The van der Waals surface area contributed by atoms with Gasteiger partial charge in [-0.05, 0) is 36.2 Å². The number of hydrogen-bond donors (Lipinski definition) is 1. The van der Waals surface area contributed by atoms with E-state index in [-0.39, 0.29) is 11.6 Å². The van der Waals surface area contributed by atoms with Crippen LogP contribution in [0.4, 0.5) is 10.1 Å². The van der Waals surface area contributed by atoms with Gasteiger partial charge in [0.15, 0.2) is 9.84 Å². The van der Waals surface area contributed by atoms with Crippen LogP contribution in [0.3, 0.4) is 0 Å². The third kappa shape index (κ3) is 2.18. The van der Waals surface area contributed by atoms with Crippen LogP contribution in [0.2, 0.25) is 0 Å². The summed E-state index contributed by atoms with van der Waals surface area (Å²) >= 11 is 0. The number of aryl methyl sites for hydroxylation is 1. The zero-order valence-electron chi connectivity index (χ0n) is 10.9. The number of nitrogens with one attached hydrogen (secondary N) is 1. The molecule has 0 fully saturated rings. The maximum atomic E-state index is 13.9. The summed E-state index contributed by atoms with van der Waals surface area (Å²) < 4.78 is 38.0. The van der Waals surface area contributed by atoms with Crippen molar-refractivity contribution in [2.24, 2.45) is 0 Å². The fourth-order valence-corrected chi connectivity index (χ4v) is 4.23. The number of rotatable bonds is 2. The smallest absolute Gasteiger partial charge is 0.181 e. The maximum absolute atomic E-state index is 13.9. The van der Waals surface area contributed by atoms with Gasteiger partial charge in [-0.2, -0.15) is 0 Å². The number of anilines is 1. The van der Waals surface area contributed by atoms with Crippen LogP contribution in [0.15, 0.2) is 47.4 Å². The Morgan fingerprint density at radius 2 is 1.95 bits per heavy atom. The Morgan fingerprint density at radius 3 is 2.70 bits per heavy atom. The van der Waals surface area contributed by atoms with Crippen molar-refractivity contribution in [3.05, 3.63) is 59.4 Å². The van der Waals surface area contributed by atoms with Crippen LogP contribution in [0.1, 0.15) is 17.2 Å². The molecular weight excluding hydrogens is 277 g/mol. The molecule has 0 bridgehead atoms. The molecule has 5 heteroatoms. The Labute approximate surface area is 117 Å². The van der Waals surface area contributed by atoms with Gasteiger partial charge >= 0.3 is 0 Å². The topological polar surface area (TPSA) is 46.2 Å². The van der Waals surface area contributed by atoms with Crippen LogP contribution >= 0.6 is 0 Å². The first-order valence-corrected chi connectivity index (χ1v) is 7.97. The summed E-state index contributed by atoms with van der Waals surface area (Å²) in [5, 5.41) is 2.99. The van der Waals surface area contributed by atoms with Crippen molar-refractivity contribution in [3.8, 4) is 0 Å². The van der Waals surface area contributed by atoms with Gasteiger partial charge in [-0.3, -0.25) is 0 Å². The molecule has 0 saturated heterocycles. The molecule has 20 heavy (non-hydrogen) atoms. The van der Waals surface area contributed by atoms with E-state index in [9.17, 15) is 12.8 Å². The quantitative estimate of drug-likeness (QED) is 0.925. The van der Waals surface area contributed by atoms with E-state index < -0.39 is 15.9 Å². The third-order valence-corrected chi connectivity index (χ3v) is 5.28. The second-order valence-corrected chi connectivity index (χ2v) is 7.00. The van der Waals surface area contributed by atoms with Crippen molar-refractivity contribution >= 4 is 15.5 Å². The SMILES string of the molecule is Cc1ccc(NC2CS(=O)(=O)c3ccccc32)c(F)c1. The molecule has 1 atom stereocenters. The summed E-state index contributed by atoms with van der Waals surface area (Å²) in [5.41, 5.74) is 1.85. The van der Waals surface area contributed by atoms with Crippen molar-refractivity contribution in [1.29, 1.82) is 0 Å². The van der Waals surface area contributed by atoms with Crippen LogP contribution < -0.4 is 5.32 Å². The molecule has 0 amide bonds. The second-order valence-electron chi connectivity index (χ2n) is 5.00. The minimum Gasteiger partial charge on any atom is -0.375 e. The Morgan fingerprint density at radius 1 is 1.20 bits per heavy atom. The molecule has 2 aromatic carbocycles. The largest absolute Gasteiger partial charge is 0.375 e. The lowest BCUT2D eigenvalue weighted by molar-refractivity contribution is 0.598. The van der Waals surface area contributed by atoms with E-state index in [4.69, 9.17) is 0 Å². The van der Waals surface area contributed by atoms with Gasteiger partial charge in [0.2, 0.25) is 0 Å². The number of fused-ring (bicyclic) bond motifs is 1.